The minimum Gasteiger partial charge on any atom is -0.416 e. The van der Waals surface area contributed by atoms with Gasteiger partial charge in [-0.05, 0) is 41.8 Å². The molecule has 10 heteroatoms. The molecular formula is C27H16ClN3O6. The van der Waals surface area contributed by atoms with Crippen LogP contribution in [0.25, 0.3) is 10.8 Å². The van der Waals surface area contributed by atoms with Crippen LogP contribution in [0.3, 0.4) is 0 Å². The third-order valence-electron chi connectivity index (χ3n) is 5.69. The molecule has 2 amide bonds. The molecular weight excluding hydrogens is 498 g/mol. The SMILES string of the molecule is O=C(Oc1ccccc1[N+](=O)[O-])c1ccc(NC2=C(Cl)C(=O)N(c3cccc4ccccc34)C2=O)cc1. The monoisotopic (exact) mass is 513 g/mol. The molecule has 5 rings (SSSR count). The number of anilines is 2. The number of carbonyl (C=O) groups excluding carboxylic acids is 3. The van der Waals surface area contributed by atoms with Gasteiger partial charge in [-0.1, -0.05) is 60.1 Å². The first kappa shape index (κ1) is 23.7. The Labute approximate surface area is 214 Å². The number of rotatable bonds is 6. The topological polar surface area (TPSA) is 119 Å². The molecule has 0 saturated heterocycles. The lowest BCUT2D eigenvalue weighted by molar-refractivity contribution is -0.385. The first-order valence-electron chi connectivity index (χ1n) is 10.9. The molecule has 0 radical (unpaired) electrons. The molecule has 0 atom stereocenters. The fraction of sp³-hybridized carbons (Fsp3) is 0. The molecule has 0 aromatic heterocycles. The molecule has 0 spiro atoms. The van der Waals surface area contributed by atoms with Crippen molar-refractivity contribution in [1.29, 1.82) is 0 Å². The number of para-hydroxylation sites is 2. The molecule has 0 aliphatic carbocycles. The molecule has 37 heavy (non-hydrogen) atoms. The van der Waals surface area contributed by atoms with Gasteiger partial charge in [0.2, 0.25) is 5.75 Å². The normalized spacial score (nSPS) is 13.3. The number of nitro groups is 1. The van der Waals surface area contributed by atoms with Crippen LogP contribution in [0.5, 0.6) is 5.75 Å². The predicted molar refractivity (Wildman–Crippen MR) is 137 cm³/mol. The van der Waals surface area contributed by atoms with Gasteiger partial charge in [-0.25, -0.2) is 9.69 Å². The Morgan fingerprint density at radius 1 is 0.865 bits per heavy atom. The third-order valence-corrected chi connectivity index (χ3v) is 6.04. The maximum atomic E-state index is 13.2. The quantitative estimate of drug-likeness (QED) is 0.120. The molecule has 4 aromatic rings. The van der Waals surface area contributed by atoms with Crippen molar-refractivity contribution in [3.8, 4) is 5.75 Å². The zero-order valence-electron chi connectivity index (χ0n) is 18.9. The molecule has 9 nitrogen and oxygen atoms in total. The number of nitrogens with one attached hydrogen (secondary N) is 1. The molecule has 0 fully saturated rings. The summed E-state index contributed by atoms with van der Waals surface area (Å²) >= 11 is 6.26. The molecule has 1 aliphatic rings. The van der Waals surface area contributed by atoms with E-state index in [4.69, 9.17) is 16.3 Å². The Morgan fingerprint density at radius 2 is 1.54 bits per heavy atom. The number of amides is 2. The Morgan fingerprint density at radius 3 is 2.30 bits per heavy atom. The standard InChI is InChI=1S/C27H16ClN3O6/c28-23-24(26(33)30(25(23)32)20-10-5-7-16-6-1-2-8-19(16)20)29-18-14-12-17(13-15-18)27(34)37-22-11-4-3-9-21(22)31(35)36/h1-15,29H. The van der Waals surface area contributed by atoms with Crippen molar-refractivity contribution in [2.24, 2.45) is 0 Å². The van der Waals surface area contributed by atoms with Crippen molar-refractivity contribution in [1.82, 2.24) is 0 Å². The van der Waals surface area contributed by atoms with E-state index in [-0.39, 0.29) is 27.7 Å². The summed E-state index contributed by atoms with van der Waals surface area (Å²) in [6.45, 7) is 0. The van der Waals surface area contributed by atoms with E-state index >= 15 is 0 Å². The van der Waals surface area contributed by atoms with Crippen molar-refractivity contribution < 1.29 is 24.0 Å². The van der Waals surface area contributed by atoms with Gasteiger partial charge >= 0.3 is 11.7 Å². The Kier molecular flexibility index (Phi) is 6.12. The second-order valence-electron chi connectivity index (χ2n) is 7.95. The van der Waals surface area contributed by atoms with Crippen LogP contribution in [0.1, 0.15) is 10.4 Å². The molecule has 1 aliphatic heterocycles. The van der Waals surface area contributed by atoms with Crippen molar-refractivity contribution >= 4 is 57.2 Å². The maximum absolute atomic E-state index is 13.2. The van der Waals surface area contributed by atoms with Crippen molar-refractivity contribution in [2.45, 2.75) is 0 Å². The van der Waals surface area contributed by atoms with Crippen LogP contribution < -0.4 is 15.0 Å². The van der Waals surface area contributed by atoms with Gasteiger partial charge in [-0.15, -0.1) is 0 Å². The first-order valence-corrected chi connectivity index (χ1v) is 11.3. The summed E-state index contributed by atoms with van der Waals surface area (Å²) in [5, 5.41) is 15.3. The van der Waals surface area contributed by atoms with Gasteiger partial charge in [0.1, 0.15) is 10.7 Å². The Hall–Kier alpha value is -5.02. The summed E-state index contributed by atoms with van der Waals surface area (Å²) in [5.74, 6) is -2.26. The molecule has 0 bridgehead atoms. The summed E-state index contributed by atoms with van der Waals surface area (Å²) in [5.41, 5.74) is 0.480. The Balaban J connectivity index is 1.35. The number of nitro benzene ring substituents is 1. The molecule has 4 aromatic carbocycles. The van der Waals surface area contributed by atoms with Crippen LogP contribution in [0.4, 0.5) is 17.1 Å². The largest absolute Gasteiger partial charge is 0.416 e. The lowest BCUT2D eigenvalue weighted by Gasteiger charge is -2.17. The van der Waals surface area contributed by atoms with Gasteiger partial charge < -0.3 is 10.1 Å². The minimum atomic E-state index is -0.799. The minimum absolute atomic E-state index is 0.102. The first-order chi connectivity index (χ1) is 17.8. The molecule has 182 valence electrons. The van der Waals surface area contributed by atoms with E-state index in [9.17, 15) is 24.5 Å². The van der Waals surface area contributed by atoms with Crippen LogP contribution >= 0.6 is 11.6 Å². The lowest BCUT2D eigenvalue weighted by atomic mass is 10.1. The van der Waals surface area contributed by atoms with Gasteiger partial charge in [-0.3, -0.25) is 19.7 Å². The number of carbonyl (C=O) groups is 3. The highest BCUT2D eigenvalue weighted by Crippen LogP contribution is 2.34. The highest BCUT2D eigenvalue weighted by Gasteiger charge is 2.39. The molecule has 1 heterocycles. The smallest absolute Gasteiger partial charge is 0.343 e. The van der Waals surface area contributed by atoms with E-state index in [1.165, 1.54) is 48.5 Å². The second kappa shape index (κ2) is 9.56. The van der Waals surface area contributed by atoms with Crippen LogP contribution in [-0.4, -0.2) is 22.7 Å². The van der Waals surface area contributed by atoms with Crippen LogP contribution in [-0.2, 0) is 9.59 Å². The molecule has 1 N–H and O–H groups in total. The van der Waals surface area contributed by atoms with E-state index in [0.717, 1.165) is 15.7 Å². The summed E-state index contributed by atoms with van der Waals surface area (Å²) < 4.78 is 5.18. The average molecular weight is 514 g/mol. The highest BCUT2D eigenvalue weighted by molar-refractivity contribution is 6.53. The predicted octanol–water partition coefficient (Wildman–Crippen LogP) is 5.40. The number of halogens is 1. The zero-order valence-corrected chi connectivity index (χ0v) is 19.6. The number of hydrogen-bond acceptors (Lipinski definition) is 7. The van der Waals surface area contributed by atoms with Crippen molar-refractivity contribution in [3.63, 3.8) is 0 Å². The van der Waals surface area contributed by atoms with E-state index < -0.39 is 22.7 Å². The number of imide groups is 1. The average Bonchev–Trinajstić information content (AvgIpc) is 3.11. The number of benzene rings is 4. The number of fused-ring (bicyclic) bond motifs is 1. The third kappa shape index (κ3) is 4.39. The summed E-state index contributed by atoms with van der Waals surface area (Å²) in [7, 11) is 0. The number of ether oxygens (including phenoxy) is 1. The van der Waals surface area contributed by atoms with Gasteiger partial charge in [-0.2, -0.15) is 0 Å². The maximum Gasteiger partial charge on any atom is 0.343 e. The van der Waals surface area contributed by atoms with Crippen LogP contribution in [0, 0.1) is 10.1 Å². The van der Waals surface area contributed by atoms with Crippen LogP contribution in [0.15, 0.2) is 102 Å². The molecule has 0 unspecified atom stereocenters. The fourth-order valence-corrected chi connectivity index (χ4v) is 4.13. The number of esters is 1. The van der Waals surface area contributed by atoms with Gasteiger partial charge in [0.25, 0.3) is 11.8 Å². The zero-order chi connectivity index (χ0) is 26.1. The van der Waals surface area contributed by atoms with Crippen LogP contribution in [0.2, 0.25) is 0 Å². The summed E-state index contributed by atoms with van der Waals surface area (Å²) in [6, 6.07) is 24.0. The van der Waals surface area contributed by atoms with Gasteiger partial charge in [0.15, 0.2) is 0 Å². The van der Waals surface area contributed by atoms with E-state index in [2.05, 4.69) is 5.32 Å². The highest BCUT2D eigenvalue weighted by atomic mass is 35.5. The summed E-state index contributed by atoms with van der Waals surface area (Å²) in [6.07, 6.45) is 0. The van der Waals surface area contributed by atoms with Gasteiger partial charge in [0, 0.05) is 17.1 Å². The number of hydrogen-bond donors (Lipinski definition) is 1. The van der Waals surface area contributed by atoms with Crippen molar-refractivity contribution in [2.75, 3.05) is 10.2 Å². The van der Waals surface area contributed by atoms with E-state index in [1.807, 2.05) is 30.3 Å². The Bertz CT molecular complexity index is 1630. The fourth-order valence-electron chi connectivity index (χ4n) is 3.92. The lowest BCUT2D eigenvalue weighted by Crippen LogP contribution is -2.32. The van der Waals surface area contributed by atoms with Gasteiger partial charge in [0.05, 0.1) is 16.2 Å². The second-order valence-corrected chi connectivity index (χ2v) is 8.33. The summed E-state index contributed by atoms with van der Waals surface area (Å²) in [4.78, 5) is 50.1. The van der Waals surface area contributed by atoms with E-state index in [0.29, 0.717) is 11.4 Å². The number of nitrogens with zero attached hydrogens (tertiary/aromatic N) is 2. The van der Waals surface area contributed by atoms with Crippen molar-refractivity contribution in [3.05, 3.63) is 117 Å². The molecule has 0 saturated carbocycles. The van der Waals surface area contributed by atoms with E-state index in [1.54, 1.807) is 12.1 Å².